The third kappa shape index (κ3) is 1.98. The maximum Gasteiger partial charge on any atom is 0.122 e. The van der Waals surface area contributed by atoms with E-state index in [0.29, 0.717) is 0 Å². The Kier molecular flexibility index (Phi) is 2.93. The molecule has 0 amide bonds. The number of benzene rings is 1. The highest BCUT2D eigenvalue weighted by Gasteiger charge is 2.18. The van der Waals surface area contributed by atoms with Gasteiger partial charge in [0.1, 0.15) is 5.75 Å². The smallest absolute Gasteiger partial charge is 0.122 e. The van der Waals surface area contributed by atoms with Gasteiger partial charge in [-0.05, 0) is 24.1 Å². The van der Waals surface area contributed by atoms with Gasteiger partial charge in [-0.3, -0.25) is 0 Å². The van der Waals surface area contributed by atoms with Crippen molar-refractivity contribution in [3.05, 3.63) is 29.3 Å². The first-order chi connectivity index (χ1) is 7.22. The van der Waals surface area contributed by atoms with Crippen LogP contribution in [0.25, 0.3) is 0 Å². The summed E-state index contributed by atoms with van der Waals surface area (Å²) in [4.78, 5) is 0. The highest BCUT2D eigenvalue weighted by Crippen LogP contribution is 2.28. The van der Waals surface area contributed by atoms with E-state index in [9.17, 15) is 0 Å². The maximum atomic E-state index is 6.08. The third-order valence-electron chi connectivity index (χ3n) is 2.98. The van der Waals surface area contributed by atoms with E-state index in [4.69, 9.17) is 15.2 Å². The lowest BCUT2D eigenvalue weighted by Gasteiger charge is -2.19. The summed E-state index contributed by atoms with van der Waals surface area (Å²) in [7, 11) is 1.68. The zero-order valence-electron chi connectivity index (χ0n) is 9.19. The summed E-state index contributed by atoms with van der Waals surface area (Å²) in [5.74, 6) is 0.996. The van der Waals surface area contributed by atoms with E-state index in [1.807, 2.05) is 19.1 Å². The van der Waals surface area contributed by atoms with Crippen LogP contribution in [0.1, 0.15) is 24.1 Å². The normalized spacial score (nSPS) is 18.1. The Labute approximate surface area is 90.2 Å². The molecule has 2 rings (SSSR count). The van der Waals surface area contributed by atoms with Crippen molar-refractivity contribution in [2.45, 2.75) is 25.5 Å². The molecule has 0 spiro atoms. The van der Waals surface area contributed by atoms with Crippen LogP contribution >= 0.6 is 0 Å². The van der Waals surface area contributed by atoms with E-state index in [2.05, 4.69) is 6.07 Å². The zero-order chi connectivity index (χ0) is 10.8. The van der Waals surface area contributed by atoms with E-state index < -0.39 is 0 Å². The molecule has 2 unspecified atom stereocenters. The second kappa shape index (κ2) is 4.21. The van der Waals surface area contributed by atoms with Crippen LogP contribution in [0.15, 0.2) is 18.2 Å². The van der Waals surface area contributed by atoms with E-state index in [0.717, 1.165) is 24.3 Å². The summed E-state index contributed by atoms with van der Waals surface area (Å²) in [5.41, 5.74) is 8.45. The van der Waals surface area contributed by atoms with Gasteiger partial charge in [-0.1, -0.05) is 12.1 Å². The minimum absolute atomic E-state index is 0.0328. The number of ether oxygens (including phenoxy) is 2. The topological polar surface area (TPSA) is 44.5 Å². The van der Waals surface area contributed by atoms with E-state index in [1.165, 1.54) is 5.56 Å². The minimum atomic E-state index is -0.0686. The van der Waals surface area contributed by atoms with E-state index in [1.54, 1.807) is 7.11 Å². The van der Waals surface area contributed by atoms with Crippen LogP contribution < -0.4 is 10.5 Å². The Morgan fingerprint density at radius 1 is 1.47 bits per heavy atom. The number of nitrogens with two attached hydrogens (primary N) is 1. The van der Waals surface area contributed by atoms with Gasteiger partial charge in [-0.25, -0.2) is 0 Å². The standard InChI is InChI=1S/C12H17NO2/c1-8(14-2)12(13)10-3-4-11-9(7-10)5-6-15-11/h3-4,7-8,12H,5-6,13H2,1-2H3. The van der Waals surface area contributed by atoms with E-state index in [-0.39, 0.29) is 12.1 Å². The molecule has 2 atom stereocenters. The summed E-state index contributed by atoms with van der Waals surface area (Å²) in [5, 5.41) is 0. The van der Waals surface area contributed by atoms with Crippen molar-refractivity contribution >= 4 is 0 Å². The molecule has 1 aliphatic rings. The van der Waals surface area contributed by atoms with Gasteiger partial charge in [0.05, 0.1) is 18.8 Å². The molecule has 82 valence electrons. The van der Waals surface area contributed by atoms with E-state index >= 15 is 0 Å². The molecule has 15 heavy (non-hydrogen) atoms. The molecule has 0 saturated carbocycles. The predicted molar refractivity (Wildman–Crippen MR) is 59.0 cm³/mol. The first kappa shape index (κ1) is 10.5. The number of rotatable bonds is 3. The largest absolute Gasteiger partial charge is 0.493 e. The van der Waals surface area contributed by atoms with Crippen LogP contribution in [0.4, 0.5) is 0 Å². The van der Waals surface area contributed by atoms with Crippen molar-refractivity contribution in [2.24, 2.45) is 5.73 Å². The Bertz CT molecular complexity index is 351. The SMILES string of the molecule is COC(C)C(N)c1ccc2c(c1)CCO2. The molecule has 3 nitrogen and oxygen atoms in total. The second-order valence-electron chi connectivity index (χ2n) is 3.93. The molecule has 0 aromatic heterocycles. The van der Waals surface area contributed by atoms with Gasteiger partial charge in [0.15, 0.2) is 0 Å². The molecule has 0 saturated heterocycles. The molecule has 0 fully saturated rings. The number of hydrogen-bond acceptors (Lipinski definition) is 3. The Hall–Kier alpha value is -1.06. The van der Waals surface area contributed by atoms with Crippen molar-refractivity contribution in [3.8, 4) is 5.75 Å². The molecule has 2 N–H and O–H groups in total. The molecule has 1 aromatic carbocycles. The van der Waals surface area contributed by atoms with Crippen molar-refractivity contribution in [1.82, 2.24) is 0 Å². The molecule has 1 heterocycles. The predicted octanol–water partition coefficient (Wildman–Crippen LogP) is 1.66. The zero-order valence-corrected chi connectivity index (χ0v) is 9.19. The average molecular weight is 207 g/mol. The second-order valence-corrected chi connectivity index (χ2v) is 3.93. The Morgan fingerprint density at radius 2 is 2.27 bits per heavy atom. The van der Waals surface area contributed by atoms with Gasteiger partial charge < -0.3 is 15.2 Å². The highest BCUT2D eigenvalue weighted by atomic mass is 16.5. The molecule has 3 heteroatoms. The molecule has 0 bridgehead atoms. The molecule has 1 aliphatic heterocycles. The lowest BCUT2D eigenvalue weighted by Crippen LogP contribution is -2.25. The van der Waals surface area contributed by atoms with Crippen LogP contribution in [-0.4, -0.2) is 19.8 Å². The molecular formula is C12H17NO2. The fraction of sp³-hybridized carbons (Fsp3) is 0.500. The first-order valence-electron chi connectivity index (χ1n) is 5.26. The molecular weight excluding hydrogens is 190 g/mol. The monoisotopic (exact) mass is 207 g/mol. The maximum absolute atomic E-state index is 6.08. The van der Waals surface area contributed by atoms with Gasteiger partial charge in [-0.2, -0.15) is 0 Å². The lowest BCUT2D eigenvalue weighted by molar-refractivity contribution is 0.0956. The van der Waals surface area contributed by atoms with Crippen LogP contribution in [0.2, 0.25) is 0 Å². The summed E-state index contributed by atoms with van der Waals surface area (Å²) >= 11 is 0. The number of methoxy groups -OCH3 is 1. The third-order valence-corrected chi connectivity index (χ3v) is 2.98. The fourth-order valence-corrected chi connectivity index (χ4v) is 1.83. The van der Waals surface area contributed by atoms with Gasteiger partial charge in [-0.15, -0.1) is 0 Å². The summed E-state index contributed by atoms with van der Waals surface area (Å²) in [6.45, 7) is 2.77. The lowest BCUT2D eigenvalue weighted by atomic mass is 10.00. The van der Waals surface area contributed by atoms with Gasteiger partial charge in [0.25, 0.3) is 0 Å². The highest BCUT2D eigenvalue weighted by molar-refractivity contribution is 5.40. The number of hydrogen-bond donors (Lipinski definition) is 1. The van der Waals surface area contributed by atoms with Crippen LogP contribution in [0, 0.1) is 0 Å². The van der Waals surface area contributed by atoms with Crippen LogP contribution in [0.3, 0.4) is 0 Å². The fourth-order valence-electron chi connectivity index (χ4n) is 1.83. The first-order valence-corrected chi connectivity index (χ1v) is 5.26. The Morgan fingerprint density at radius 3 is 3.00 bits per heavy atom. The van der Waals surface area contributed by atoms with Crippen molar-refractivity contribution in [1.29, 1.82) is 0 Å². The quantitative estimate of drug-likeness (QED) is 0.819. The van der Waals surface area contributed by atoms with Gasteiger partial charge in [0.2, 0.25) is 0 Å². The molecule has 0 radical (unpaired) electrons. The van der Waals surface area contributed by atoms with Crippen LogP contribution in [-0.2, 0) is 11.2 Å². The van der Waals surface area contributed by atoms with Gasteiger partial charge in [0, 0.05) is 13.5 Å². The molecule has 1 aromatic rings. The Balaban J connectivity index is 2.22. The van der Waals surface area contributed by atoms with Crippen LogP contribution in [0.5, 0.6) is 5.75 Å². The summed E-state index contributed by atoms with van der Waals surface area (Å²) in [6, 6.07) is 6.08. The van der Waals surface area contributed by atoms with Crippen molar-refractivity contribution in [2.75, 3.05) is 13.7 Å². The van der Waals surface area contributed by atoms with Crippen molar-refractivity contribution < 1.29 is 9.47 Å². The van der Waals surface area contributed by atoms with Gasteiger partial charge >= 0.3 is 0 Å². The minimum Gasteiger partial charge on any atom is -0.493 e. The molecule has 0 aliphatic carbocycles. The average Bonchev–Trinajstić information content (AvgIpc) is 2.73. The summed E-state index contributed by atoms with van der Waals surface area (Å²) < 4.78 is 10.7. The van der Waals surface area contributed by atoms with Crippen molar-refractivity contribution in [3.63, 3.8) is 0 Å². The number of fused-ring (bicyclic) bond motifs is 1. The summed E-state index contributed by atoms with van der Waals surface area (Å²) in [6.07, 6.45) is 1.02.